The summed E-state index contributed by atoms with van der Waals surface area (Å²) in [6, 6.07) is 12.0. The van der Waals surface area contributed by atoms with Crippen molar-refractivity contribution in [1.82, 2.24) is 19.3 Å². The van der Waals surface area contributed by atoms with Gasteiger partial charge >= 0.3 is 0 Å². The normalized spacial score (nSPS) is 16.5. The number of hydrogen-bond acceptors (Lipinski definition) is 3. The molecule has 0 saturated heterocycles. The average molecular weight is 412 g/mol. The van der Waals surface area contributed by atoms with Gasteiger partial charge in [0.1, 0.15) is 0 Å². The molecule has 6 rings (SSSR count). The molecule has 0 bridgehead atoms. The number of carbonyl (C=O) groups excluding carboxylic acids is 1. The van der Waals surface area contributed by atoms with Gasteiger partial charge in [0.15, 0.2) is 0 Å². The first-order valence-corrected chi connectivity index (χ1v) is 11.0. The van der Waals surface area contributed by atoms with Gasteiger partial charge < -0.3 is 9.88 Å². The fraction of sp³-hybridized carbons (Fsp3) is 0.320. The number of fused-ring (bicyclic) bond motifs is 4. The van der Waals surface area contributed by atoms with Crippen molar-refractivity contribution in [1.29, 1.82) is 0 Å². The molecule has 2 aromatic heterocycles. The molecule has 3 heterocycles. The number of rotatable bonds is 2. The molecule has 2 aromatic carbocycles. The molecule has 4 aromatic rings. The minimum absolute atomic E-state index is 0.00167. The van der Waals surface area contributed by atoms with E-state index in [2.05, 4.69) is 22.1 Å². The predicted octanol–water partition coefficient (Wildman–Crippen LogP) is 4.30. The van der Waals surface area contributed by atoms with E-state index in [1.165, 1.54) is 24.0 Å². The van der Waals surface area contributed by atoms with Crippen LogP contribution in [0.2, 0.25) is 0 Å². The van der Waals surface area contributed by atoms with Crippen molar-refractivity contribution in [3.05, 3.63) is 80.9 Å². The van der Waals surface area contributed by atoms with Crippen LogP contribution in [0.15, 0.2) is 47.4 Å². The molecule has 6 nitrogen and oxygen atoms in total. The molecule has 0 radical (unpaired) electrons. The number of imidazole rings is 1. The van der Waals surface area contributed by atoms with E-state index in [1.807, 2.05) is 46.7 Å². The smallest absolute Gasteiger partial charge is 0.292 e. The van der Waals surface area contributed by atoms with Crippen LogP contribution in [0.4, 0.5) is 0 Å². The Balaban J connectivity index is 1.47. The van der Waals surface area contributed by atoms with Crippen LogP contribution in [0, 0.1) is 6.92 Å². The summed E-state index contributed by atoms with van der Waals surface area (Å²) in [5, 5.41) is 0. The Labute approximate surface area is 179 Å². The van der Waals surface area contributed by atoms with E-state index in [-0.39, 0.29) is 11.5 Å². The number of nitrogens with one attached hydrogen (secondary N) is 1. The minimum Gasteiger partial charge on any atom is -0.330 e. The van der Waals surface area contributed by atoms with Gasteiger partial charge in [0.2, 0.25) is 5.65 Å². The average Bonchev–Trinajstić information content (AvgIpc) is 3.51. The molecule has 31 heavy (non-hydrogen) atoms. The lowest BCUT2D eigenvalue weighted by atomic mass is 10.0. The maximum atomic E-state index is 13.4. The maximum Gasteiger partial charge on any atom is 0.292 e. The van der Waals surface area contributed by atoms with Gasteiger partial charge in [-0.15, -0.1) is 0 Å². The summed E-state index contributed by atoms with van der Waals surface area (Å²) in [5.74, 6) is 0.433. The fourth-order valence-electron chi connectivity index (χ4n) is 5.32. The van der Waals surface area contributed by atoms with Crippen LogP contribution >= 0.6 is 0 Å². The predicted molar refractivity (Wildman–Crippen MR) is 119 cm³/mol. The van der Waals surface area contributed by atoms with Gasteiger partial charge in [-0.2, -0.15) is 0 Å². The molecule has 0 atom stereocenters. The zero-order valence-corrected chi connectivity index (χ0v) is 17.5. The molecule has 1 N–H and O–H groups in total. The van der Waals surface area contributed by atoms with Crippen LogP contribution < -0.4 is 5.56 Å². The molecule has 2 aliphatic rings. The third-order valence-corrected chi connectivity index (χ3v) is 6.96. The molecular formula is C25H24N4O2. The van der Waals surface area contributed by atoms with Gasteiger partial charge in [-0.05, 0) is 48.6 Å². The number of hydrogen-bond donors (Lipinski definition) is 1. The van der Waals surface area contributed by atoms with Gasteiger partial charge in [-0.25, -0.2) is 4.98 Å². The molecule has 1 amide bonds. The van der Waals surface area contributed by atoms with E-state index in [0.29, 0.717) is 35.7 Å². The first-order valence-electron chi connectivity index (χ1n) is 11.0. The van der Waals surface area contributed by atoms with Crippen LogP contribution in [-0.2, 0) is 13.1 Å². The van der Waals surface area contributed by atoms with Crippen molar-refractivity contribution in [2.24, 2.45) is 0 Å². The van der Waals surface area contributed by atoms with Crippen LogP contribution in [-0.4, -0.2) is 25.2 Å². The fourth-order valence-corrected chi connectivity index (χ4v) is 5.32. The Hall–Kier alpha value is -3.41. The molecule has 1 aliphatic carbocycles. The van der Waals surface area contributed by atoms with Crippen molar-refractivity contribution >= 4 is 22.6 Å². The van der Waals surface area contributed by atoms with E-state index < -0.39 is 0 Å². The summed E-state index contributed by atoms with van der Waals surface area (Å²) in [6.45, 7) is 3.21. The van der Waals surface area contributed by atoms with Gasteiger partial charge in [-0.3, -0.25) is 14.0 Å². The number of aromatic amines is 1. The number of H-pyrrole nitrogens is 1. The zero-order chi connectivity index (χ0) is 21.1. The topological polar surface area (TPSA) is 70.5 Å². The molecule has 156 valence electrons. The third-order valence-electron chi connectivity index (χ3n) is 6.96. The SMILES string of the molecule is Cc1cc2c(cc1C(=O)N1Cc3ccccc3C1)[nH]c(=O)c1ncc(C3CCCC3)n12. The van der Waals surface area contributed by atoms with E-state index in [4.69, 9.17) is 0 Å². The Kier molecular flexibility index (Phi) is 4.03. The van der Waals surface area contributed by atoms with Crippen molar-refractivity contribution < 1.29 is 4.79 Å². The monoisotopic (exact) mass is 412 g/mol. The highest BCUT2D eigenvalue weighted by molar-refractivity contribution is 5.99. The second-order valence-corrected chi connectivity index (χ2v) is 8.89. The van der Waals surface area contributed by atoms with Crippen molar-refractivity contribution in [2.45, 2.75) is 51.6 Å². The van der Waals surface area contributed by atoms with Crippen molar-refractivity contribution in [2.75, 3.05) is 0 Å². The zero-order valence-electron chi connectivity index (χ0n) is 17.5. The quantitative estimate of drug-likeness (QED) is 0.534. The number of aromatic nitrogens is 3. The number of nitrogens with zero attached hydrogens (tertiary/aromatic N) is 3. The first kappa shape index (κ1) is 18.4. The molecule has 1 aliphatic heterocycles. The highest BCUT2D eigenvalue weighted by Crippen LogP contribution is 2.35. The lowest BCUT2D eigenvalue weighted by Crippen LogP contribution is -2.26. The second-order valence-electron chi connectivity index (χ2n) is 8.89. The van der Waals surface area contributed by atoms with E-state index in [9.17, 15) is 9.59 Å². The van der Waals surface area contributed by atoms with E-state index in [0.717, 1.165) is 29.6 Å². The number of amides is 1. The molecule has 1 saturated carbocycles. The van der Waals surface area contributed by atoms with E-state index in [1.54, 1.807) is 0 Å². The van der Waals surface area contributed by atoms with Crippen LogP contribution in [0.3, 0.4) is 0 Å². The van der Waals surface area contributed by atoms with Gasteiger partial charge in [0.25, 0.3) is 11.5 Å². The van der Waals surface area contributed by atoms with Crippen LogP contribution in [0.5, 0.6) is 0 Å². The maximum absolute atomic E-state index is 13.4. The van der Waals surface area contributed by atoms with Crippen LogP contribution in [0.25, 0.3) is 16.7 Å². The van der Waals surface area contributed by atoms with Gasteiger partial charge in [0, 0.05) is 36.5 Å². The number of benzene rings is 2. The van der Waals surface area contributed by atoms with Crippen molar-refractivity contribution in [3.63, 3.8) is 0 Å². The molecule has 0 unspecified atom stereocenters. The summed E-state index contributed by atoms with van der Waals surface area (Å²) in [7, 11) is 0. The van der Waals surface area contributed by atoms with E-state index >= 15 is 0 Å². The molecular weight excluding hydrogens is 388 g/mol. The Morgan fingerprint density at radius 2 is 1.81 bits per heavy atom. The molecule has 0 spiro atoms. The van der Waals surface area contributed by atoms with Crippen molar-refractivity contribution in [3.8, 4) is 0 Å². The highest BCUT2D eigenvalue weighted by Gasteiger charge is 2.26. The Morgan fingerprint density at radius 1 is 1.10 bits per heavy atom. The standard InChI is InChI=1S/C25H24N4O2/c1-15-10-21-20(11-19(15)25(31)28-13-17-8-4-5-9-18(17)14-28)27-24(30)23-26-12-22(29(21)23)16-6-2-3-7-16/h4-5,8-12,16H,2-3,6-7,13-14H2,1H3,(H,27,30). The number of carbonyl (C=O) groups is 1. The summed E-state index contributed by atoms with van der Waals surface area (Å²) >= 11 is 0. The summed E-state index contributed by atoms with van der Waals surface area (Å²) < 4.78 is 2.01. The Morgan fingerprint density at radius 3 is 2.52 bits per heavy atom. The summed E-state index contributed by atoms with van der Waals surface area (Å²) in [5.41, 5.74) is 6.86. The van der Waals surface area contributed by atoms with Gasteiger partial charge in [0.05, 0.1) is 11.0 Å². The summed E-state index contributed by atoms with van der Waals surface area (Å²) in [6.07, 6.45) is 6.56. The van der Waals surface area contributed by atoms with Crippen LogP contribution in [0.1, 0.15) is 64.3 Å². The Bertz CT molecular complexity index is 1380. The molecule has 6 heteroatoms. The third kappa shape index (κ3) is 2.81. The largest absolute Gasteiger partial charge is 0.330 e. The first-order chi connectivity index (χ1) is 15.1. The highest BCUT2D eigenvalue weighted by atomic mass is 16.2. The number of aryl methyl sites for hydroxylation is 1. The van der Waals surface area contributed by atoms with Gasteiger partial charge in [-0.1, -0.05) is 37.1 Å². The summed E-state index contributed by atoms with van der Waals surface area (Å²) in [4.78, 5) is 35.4. The lowest BCUT2D eigenvalue weighted by Gasteiger charge is -2.18. The second kappa shape index (κ2) is 6.80. The molecule has 1 fully saturated rings. The lowest BCUT2D eigenvalue weighted by molar-refractivity contribution is 0.0751. The minimum atomic E-state index is -0.215.